The van der Waals surface area contributed by atoms with Gasteiger partial charge in [0.15, 0.2) is 0 Å². The molecule has 14 heavy (non-hydrogen) atoms. The molecule has 1 heterocycles. The van der Waals surface area contributed by atoms with Gasteiger partial charge >= 0.3 is 6.09 Å². The maximum atomic E-state index is 11.7. The molecule has 0 aromatic heterocycles. The van der Waals surface area contributed by atoms with Crippen LogP contribution in [0.2, 0.25) is 0 Å². The second-order valence-electron chi connectivity index (χ2n) is 5.01. The SMILES string of the molecule is CC(C)(C)OC(=O)N1CCC1(C)CBr. The first-order valence-electron chi connectivity index (χ1n) is 4.85. The first-order chi connectivity index (χ1) is 6.28. The fraction of sp³-hybridized carbons (Fsp3) is 0.900. The average molecular weight is 264 g/mol. The molecule has 1 amide bonds. The van der Waals surface area contributed by atoms with Crippen molar-refractivity contribution in [2.24, 2.45) is 0 Å². The summed E-state index contributed by atoms with van der Waals surface area (Å²) in [7, 11) is 0. The summed E-state index contributed by atoms with van der Waals surface area (Å²) in [4.78, 5) is 13.5. The van der Waals surface area contributed by atoms with Gasteiger partial charge in [-0.1, -0.05) is 15.9 Å². The normalized spacial score (nSPS) is 27.1. The van der Waals surface area contributed by atoms with E-state index < -0.39 is 5.60 Å². The second kappa shape index (κ2) is 3.72. The van der Waals surface area contributed by atoms with Crippen molar-refractivity contribution in [3.8, 4) is 0 Å². The monoisotopic (exact) mass is 263 g/mol. The van der Waals surface area contributed by atoms with Crippen LogP contribution in [0.3, 0.4) is 0 Å². The lowest BCUT2D eigenvalue weighted by Gasteiger charge is -2.49. The zero-order valence-corrected chi connectivity index (χ0v) is 10.8. The minimum absolute atomic E-state index is 0.0532. The first kappa shape index (κ1) is 11.8. The highest BCUT2D eigenvalue weighted by molar-refractivity contribution is 9.09. The molecule has 0 saturated carbocycles. The molecule has 0 aliphatic carbocycles. The summed E-state index contributed by atoms with van der Waals surface area (Å²) in [6, 6.07) is 0. The standard InChI is InChI=1S/C10H18BrNO2/c1-9(2,3)14-8(13)12-6-5-10(12,4)7-11/h5-7H2,1-4H3. The summed E-state index contributed by atoms with van der Waals surface area (Å²) in [5, 5.41) is 0.805. The van der Waals surface area contributed by atoms with E-state index in [1.165, 1.54) is 0 Å². The molecule has 4 heteroatoms. The van der Waals surface area contributed by atoms with Gasteiger partial charge in [0.25, 0.3) is 0 Å². The molecule has 1 aliphatic rings. The van der Waals surface area contributed by atoms with E-state index in [-0.39, 0.29) is 11.6 Å². The van der Waals surface area contributed by atoms with Gasteiger partial charge in [-0.05, 0) is 34.1 Å². The Morgan fingerprint density at radius 2 is 2.14 bits per heavy atom. The third kappa shape index (κ3) is 2.41. The number of likely N-dealkylation sites (tertiary alicyclic amines) is 1. The molecule has 0 bridgehead atoms. The van der Waals surface area contributed by atoms with E-state index in [0.29, 0.717) is 0 Å². The van der Waals surface area contributed by atoms with Gasteiger partial charge in [0.2, 0.25) is 0 Å². The molecule has 1 atom stereocenters. The number of hydrogen-bond donors (Lipinski definition) is 0. The molecule has 1 unspecified atom stereocenters. The summed E-state index contributed by atoms with van der Waals surface area (Å²) in [6.07, 6.45) is 0.836. The van der Waals surface area contributed by atoms with E-state index in [0.717, 1.165) is 18.3 Å². The van der Waals surface area contributed by atoms with Gasteiger partial charge in [-0.3, -0.25) is 0 Å². The first-order valence-corrected chi connectivity index (χ1v) is 5.97. The third-order valence-electron chi connectivity index (χ3n) is 2.43. The summed E-state index contributed by atoms with van der Waals surface area (Å²) in [6.45, 7) is 8.52. The fourth-order valence-corrected chi connectivity index (χ4v) is 1.96. The maximum absolute atomic E-state index is 11.7. The van der Waals surface area contributed by atoms with Crippen molar-refractivity contribution in [1.82, 2.24) is 4.90 Å². The highest BCUT2D eigenvalue weighted by atomic mass is 79.9. The van der Waals surface area contributed by atoms with Crippen LogP contribution < -0.4 is 0 Å². The van der Waals surface area contributed by atoms with Crippen molar-refractivity contribution < 1.29 is 9.53 Å². The van der Waals surface area contributed by atoms with E-state index in [1.54, 1.807) is 4.90 Å². The van der Waals surface area contributed by atoms with Crippen molar-refractivity contribution in [3.05, 3.63) is 0 Å². The van der Waals surface area contributed by atoms with Crippen LogP contribution in [-0.4, -0.2) is 34.0 Å². The van der Waals surface area contributed by atoms with Crippen molar-refractivity contribution >= 4 is 22.0 Å². The van der Waals surface area contributed by atoms with E-state index in [2.05, 4.69) is 22.9 Å². The molecule has 1 aliphatic heterocycles. The van der Waals surface area contributed by atoms with Crippen molar-refractivity contribution in [1.29, 1.82) is 0 Å². The van der Waals surface area contributed by atoms with Crippen LogP contribution in [-0.2, 0) is 4.74 Å². The minimum Gasteiger partial charge on any atom is -0.444 e. The van der Waals surface area contributed by atoms with Crippen LogP contribution in [0.5, 0.6) is 0 Å². The van der Waals surface area contributed by atoms with Gasteiger partial charge in [0.1, 0.15) is 5.60 Å². The van der Waals surface area contributed by atoms with Gasteiger partial charge in [0, 0.05) is 11.9 Å². The third-order valence-corrected chi connectivity index (χ3v) is 3.64. The highest BCUT2D eigenvalue weighted by Crippen LogP contribution is 2.33. The molecule has 0 radical (unpaired) electrons. The van der Waals surface area contributed by atoms with Crippen LogP contribution >= 0.6 is 15.9 Å². The predicted molar refractivity (Wildman–Crippen MR) is 59.8 cm³/mol. The van der Waals surface area contributed by atoms with Crippen molar-refractivity contribution in [2.45, 2.75) is 45.3 Å². The number of carbonyl (C=O) groups is 1. The Hall–Kier alpha value is -0.250. The largest absolute Gasteiger partial charge is 0.444 e. The Morgan fingerprint density at radius 1 is 1.57 bits per heavy atom. The maximum Gasteiger partial charge on any atom is 0.410 e. The van der Waals surface area contributed by atoms with Crippen molar-refractivity contribution in [2.75, 3.05) is 11.9 Å². The zero-order valence-electron chi connectivity index (χ0n) is 9.26. The van der Waals surface area contributed by atoms with Crippen LogP contribution in [0.15, 0.2) is 0 Å². The molecular formula is C10H18BrNO2. The smallest absolute Gasteiger partial charge is 0.410 e. The number of halogens is 1. The molecule has 0 N–H and O–H groups in total. The van der Waals surface area contributed by atoms with Crippen LogP contribution in [0.1, 0.15) is 34.1 Å². The number of carbonyl (C=O) groups excluding carboxylic acids is 1. The molecule has 1 saturated heterocycles. The molecule has 82 valence electrons. The lowest BCUT2D eigenvalue weighted by atomic mass is 9.90. The number of hydrogen-bond acceptors (Lipinski definition) is 2. The van der Waals surface area contributed by atoms with Gasteiger partial charge in [-0.25, -0.2) is 4.79 Å². The van der Waals surface area contributed by atoms with E-state index in [9.17, 15) is 4.79 Å². The molecule has 1 fully saturated rings. The van der Waals surface area contributed by atoms with Crippen LogP contribution in [0.4, 0.5) is 4.79 Å². The lowest BCUT2D eigenvalue weighted by molar-refractivity contribution is -0.0285. The van der Waals surface area contributed by atoms with E-state index >= 15 is 0 Å². The Labute approximate surface area is 93.9 Å². The molecule has 3 nitrogen and oxygen atoms in total. The molecule has 0 aromatic carbocycles. The number of alkyl halides is 1. The van der Waals surface area contributed by atoms with Gasteiger partial charge in [-0.15, -0.1) is 0 Å². The van der Waals surface area contributed by atoms with Gasteiger partial charge in [0.05, 0.1) is 5.54 Å². The Morgan fingerprint density at radius 3 is 2.43 bits per heavy atom. The number of ether oxygens (including phenoxy) is 1. The molecule has 0 spiro atoms. The molecule has 0 aromatic rings. The Balaban J connectivity index is 2.55. The average Bonchev–Trinajstić information content (AvgIpc) is 1.97. The number of rotatable bonds is 1. The van der Waals surface area contributed by atoms with E-state index in [1.807, 2.05) is 20.8 Å². The summed E-state index contributed by atoms with van der Waals surface area (Å²) in [5.74, 6) is 0. The summed E-state index contributed by atoms with van der Waals surface area (Å²) in [5.41, 5.74) is -0.456. The molecule has 1 rings (SSSR count). The Kier molecular flexibility index (Phi) is 3.14. The highest BCUT2D eigenvalue weighted by Gasteiger charge is 2.44. The van der Waals surface area contributed by atoms with Crippen LogP contribution in [0.25, 0.3) is 0 Å². The minimum atomic E-state index is -0.403. The summed E-state index contributed by atoms with van der Waals surface area (Å²) >= 11 is 3.42. The molecular weight excluding hydrogens is 246 g/mol. The topological polar surface area (TPSA) is 29.5 Å². The fourth-order valence-electron chi connectivity index (χ4n) is 1.37. The van der Waals surface area contributed by atoms with Gasteiger partial charge < -0.3 is 9.64 Å². The zero-order chi connectivity index (χ0) is 11.0. The Bertz CT molecular complexity index is 233. The summed E-state index contributed by atoms with van der Waals surface area (Å²) < 4.78 is 5.31. The van der Waals surface area contributed by atoms with Crippen molar-refractivity contribution in [3.63, 3.8) is 0 Å². The quantitative estimate of drug-likeness (QED) is 0.681. The van der Waals surface area contributed by atoms with Crippen LogP contribution in [0, 0.1) is 0 Å². The van der Waals surface area contributed by atoms with E-state index in [4.69, 9.17) is 4.74 Å². The number of amides is 1. The predicted octanol–water partition coefficient (Wildman–Crippen LogP) is 2.78. The number of nitrogens with zero attached hydrogens (tertiary/aromatic N) is 1. The van der Waals surface area contributed by atoms with Gasteiger partial charge in [-0.2, -0.15) is 0 Å². The lowest BCUT2D eigenvalue weighted by Crippen LogP contribution is -2.62. The second-order valence-corrected chi connectivity index (χ2v) is 5.57.